The van der Waals surface area contributed by atoms with Crippen molar-refractivity contribution in [1.29, 1.82) is 0 Å². The van der Waals surface area contributed by atoms with Crippen LogP contribution in [-0.4, -0.2) is 17.0 Å². The molecular weight excluding hydrogens is 386 g/mol. The van der Waals surface area contributed by atoms with Gasteiger partial charge in [0.25, 0.3) is 5.91 Å². The first kappa shape index (κ1) is 18.8. The minimum Gasteiger partial charge on any atom is -0.489 e. The maximum Gasteiger partial charge on any atom is 0.335 e. The van der Waals surface area contributed by atoms with Crippen LogP contribution in [0.3, 0.4) is 0 Å². The van der Waals surface area contributed by atoms with Crippen LogP contribution in [0.2, 0.25) is 0 Å². The van der Waals surface area contributed by atoms with Crippen LogP contribution in [0.25, 0.3) is 6.08 Å². The summed E-state index contributed by atoms with van der Waals surface area (Å²) >= 11 is 1.45. The maximum atomic E-state index is 12.3. The summed E-state index contributed by atoms with van der Waals surface area (Å²) in [5, 5.41) is 11.8. The lowest BCUT2D eigenvalue weighted by atomic mass is 10.1. The van der Waals surface area contributed by atoms with E-state index >= 15 is 0 Å². The van der Waals surface area contributed by atoms with E-state index in [4.69, 9.17) is 9.84 Å². The lowest BCUT2D eigenvalue weighted by molar-refractivity contribution is -0.112. The van der Waals surface area contributed by atoms with Crippen LogP contribution in [0.1, 0.15) is 21.5 Å². The second-order valence-corrected chi connectivity index (χ2v) is 7.50. The number of carboxylic acids is 1. The van der Waals surface area contributed by atoms with Crippen molar-refractivity contribution < 1.29 is 19.4 Å². The first-order valence-corrected chi connectivity index (χ1v) is 9.75. The molecule has 29 heavy (non-hydrogen) atoms. The Morgan fingerprint density at radius 3 is 2.45 bits per heavy atom. The van der Waals surface area contributed by atoms with Crippen LogP contribution < -0.4 is 10.1 Å². The number of hydrogen-bond donors (Lipinski definition) is 2. The molecule has 0 aliphatic carbocycles. The van der Waals surface area contributed by atoms with Gasteiger partial charge < -0.3 is 15.2 Å². The van der Waals surface area contributed by atoms with Gasteiger partial charge in [-0.1, -0.05) is 48.2 Å². The molecule has 144 valence electrons. The summed E-state index contributed by atoms with van der Waals surface area (Å²) in [6.07, 6.45) is 1.85. The quantitative estimate of drug-likeness (QED) is 0.583. The number of para-hydroxylation sites is 1. The normalized spacial score (nSPS) is 14.2. The molecule has 0 saturated heterocycles. The highest BCUT2D eigenvalue weighted by Crippen LogP contribution is 2.38. The van der Waals surface area contributed by atoms with Crippen LogP contribution in [-0.2, 0) is 11.4 Å². The molecule has 4 rings (SSSR count). The monoisotopic (exact) mass is 403 g/mol. The predicted octanol–water partition coefficient (Wildman–Crippen LogP) is 5.05. The summed E-state index contributed by atoms with van der Waals surface area (Å²) in [7, 11) is 0. The molecule has 0 spiro atoms. The third-order valence-corrected chi connectivity index (χ3v) is 5.46. The van der Waals surface area contributed by atoms with Crippen LogP contribution in [0.4, 0.5) is 5.69 Å². The van der Waals surface area contributed by atoms with Gasteiger partial charge in [0, 0.05) is 4.90 Å². The van der Waals surface area contributed by atoms with Crippen molar-refractivity contribution in [3.63, 3.8) is 0 Å². The minimum absolute atomic E-state index is 0.112. The smallest absolute Gasteiger partial charge is 0.335 e. The molecule has 0 aromatic heterocycles. The molecule has 2 N–H and O–H groups in total. The summed E-state index contributed by atoms with van der Waals surface area (Å²) in [5.41, 5.74) is 2.87. The fourth-order valence-electron chi connectivity index (χ4n) is 2.82. The number of fused-ring (bicyclic) bond motifs is 1. The van der Waals surface area contributed by atoms with Gasteiger partial charge in [-0.2, -0.15) is 0 Å². The lowest BCUT2D eigenvalue weighted by Crippen LogP contribution is -2.17. The molecule has 1 amide bonds. The molecule has 1 aliphatic rings. The zero-order valence-electron chi connectivity index (χ0n) is 15.3. The Morgan fingerprint density at radius 1 is 1.00 bits per heavy atom. The van der Waals surface area contributed by atoms with E-state index in [1.54, 1.807) is 24.3 Å². The summed E-state index contributed by atoms with van der Waals surface area (Å²) in [6, 6.07) is 21.8. The molecule has 0 saturated carbocycles. The zero-order chi connectivity index (χ0) is 20.2. The highest BCUT2D eigenvalue weighted by atomic mass is 32.2. The summed E-state index contributed by atoms with van der Waals surface area (Å²) in [5.74, 6) is -0.366. The second-order valence-electron chi connectivity index (χ2n) is 6.42. The number of thioether (sulfide) groups is 1. The van der Waals surface area contributed by atoms with E-state index in [0.29, 0.717) is 17.3 Å². The van der Waals surface area contributed by atoms with Crippen molar-refractivity contribution in [2.24, 2.45) is 0 Å². The van der Waals surface area contributed by atoms with Crippen LogP contribution in [0.15, 0.2) is 82.6 Å². The second kappa shape index (κ2) is 8.24. The molecule has 0 fully saturated rings. The Hall–Kier alpha value is -3.51. The molecule has 0 radical (unpaired) electrons. The Morgan fingerprint density at radius 2 is 1.72 bits per heavy atom. The van der Waals surface area contributed by atoms with Crippen molar-refractivity contribution in [3.8, 4) is 5.75 Å². The number of benzene rings is 3. The Kier molecular flexibility index (Phi) is 5.35. The number of carbonyl (C=O) groups excluding carboxylic acids is 1. The average Bonchev–Trinajstić information content (AvgIpc) is 2.74. The van der Waals surface area contributed by atoms with Gasteiger partial charge in [0.15, 0.2) is 0 Å². The van der Waals surface area contributed by atoms with Gasteiger partial charge in [-0.05, 0) is 53.6 Å². The number of hydrogen-bond acceptors (Lipinski definition) is 4. The molecule has 0 unspecified atom stereocenters. The highest BCUT2D eigenvalue weighted by molar-refractivity contribution is 8.04. The molecule has 1 heterocycles. The third-order valence-electron chi connectivity index (χ3n) is 4.36. The van der Waals surface area contributed by atoms with Gasteiger partial charge in [-0.25, -0.2) is 4.79 Å². The molecule has 3 aromatic rings. The van der Waals surface area contributed by atoms with Crippen molar-refractivity contribution >= 4 is 35.4 Å². The lowest BCUT2D eigenvalue weighted by Gasteiger charge is -2.18. The molecular formula is C23H17NO4S. The number of aromatic carboxylic acids is 1. The Balaban J connectivity index is 1.41. The molecule has 5 nitrogen and oxygen atoms in total. The van der Waals surface area contributed by atoms with E-state index in [1.165, 1.54) is 11.8 Å². The summed E-state index contributed by atoms with van der Waals surface area (Å²) in [6.45, 7) is 0.343. The largest absolute Gasteiger partial charge is 0.489 e. The molecule has 3 aromatic carbocycles. The van der Waals surface area contributed by atoms with Crippen LogP contribution >= 0.6 is 11.8 Å². The van der Waals surface area contributed by atoms with E-state index in [-0.39, 0.29) is 11.5 Å². The fourth-order valence-corrected chi connectivity index (χ4v) is 3.78. The topological polar surface area (TPSA) is 75.6 Å². The number of rotatable bonds is 5. The molecule has 0 bridgehead atoms. The third kappa shape index (κ3) is 4.50. The van der Waals surface area contributed by atoms with Gasteiger partial charge in [-0.15, -0.1) is 0 Å². The van der Waals surface area contributed by atoms with Crippen molar-refractivity contribution in [1.82, 2.24) is 0 Å². The first-order chi connectivity index (χ1) is 14.1. The number of amides is 1. The molecule has 0 atom stereocenters. The van der Waals surface area contributed by atoms with E-state index < -0.39 is 5.97 Å². The van der Waals surface area contributed by atoms with E-state index in [9.17, 15) is 9.59 Å². The first-order valence-electron chi connectivity index (χ1n) is 8.93. The minimum atomic E-state index is -0.949. The number of ether oxygens (including phenoxy) is 1. The zero-order valence-corrected chi connectivity index (χ0v) is 16.1. The number of carbonyl (C=O) groups is 2. The fraction of sp³-hybridized carbons (Fsp3) is 0.0435. The van der Waals surface area contributed by atoms with E-state index in [0.717, 1.165) is 21.7 Å². The van der Waals surface area contributed by atoms with Crippen molar-refractivity contribution in [2.45, 2.75) is 11.5 Å². The molecule has 1 aliphatic heterocycles. The summed E-state index contributed by atoms with van der Waals surface area (Å²) < 4.78 is 5.75. The van der Waals surface area contributed by atoms with Gasteiger partial charge in [0.05, 0.1) is 16.2 Å². The average molecular weight is 403 g/mol. The Bertz CT molecular complexity index is 1090. The number of carboxylic acid groups (broad SMARTS) is 1. The summed E-state index contributed by atoms with van der Waals surface area (Å²) in [4.78, 5) is 24.8. The van der Waals surface area contributed by atoms with Gasteiger partial charge in [0.2, 0.25) is 0 Å². The maximum absolute atomic E-state index is 12.3. The van der Waals surface area contributed by atoms with Gasteiger partial charge >= 0.3 is 5.97 Å². The predicted molar refractivity (Wildman–Crippen MR) is 113 cm³/mol. The number of anilines is 1. The van der Waals surface area contributed by atoms with Crippen LogP contribution in [0, 0.1) is 0 Å². The van der Waals surface area contributed by atoms with Crippen LogP contribution in [0.5, 0.6) is 5.75 Å². The van der Waals surface area contributed by atoms with Crippen molar-refractivity contribution in [3.05, 3.63) is 94.4 Å². The van der Waals surface area contributed by atoms with Gasteiger partial charge in [0.1, 0.15) is 12.4 Å². The SMILES string of the molecule is O=C1Nc2ccccc2S/C1=C\c1ccc(OCc2ccc(C(=O)O)cc2)cc1. The number of nitrogens with one attached hydrogen (secondary N) is 1. The highest BCUT2D eigenvalue weighted by Gasteiger charge is 2.20. The van der Waals surface area contributed by atoms with E-state index in [1.807, 2.05) is 54.6 Å². The van der Waals surface area contributed by atoms with Crippen molar-refractivity contribution in [2.75, 3.05) is 5.32 Å². The van der Waals surface area contributed by atoms with Gasteiger partial charge in [-0.3, -0.25) is 4.79 Å². The Labute approximate surface area is 172 Å². The van der Waals surface area contributed by atoms with E-state index in [2.05, 4.69) is 5.32 Å². The standard InChI is InChI=1S/C23H17NO4S/c25-22-21(29-20-4-2-1-3-19(20)24-22)13-15-7-11-18(12-8-15)28-14-16-5-9-17(10-6-16)23(26)27/h1-13H,14H2,(H,24,25)(H,26,27)/b21-13-. The molecule has 6 heteroatoms.